The molecule has 0 radical (unpaired) electrons. The van der Waals surface area contributed by atoms with Crippen LogP contribution in [0, 0.1) is 5.95 Å². The summed E-state index contributed by atoms with van der Waals surface area (Å²) < 4.78 is 18.1. The van der Waals surface area contributed by atoms with Gasteiger partial charge in [0, 0.05) is 13.2 Å². The maximum absolute atomic E-state index is 12.7. The molecule has 0 spiro atoms. The zero-order valence-corrected chi connectivity index (χ0v) is 9.87. The third kappa shape index (κ3) is 5.66. The molecular weight excluding hydrogens is 207 g/mol. The average molecular weight is 226 g/mol. The number of anilines is 1. The Morgan fingerprint density at radius 2 is 2.19 bits per heavy atom. The highest BCUT2D eigenvalue weighted by atomic mass is 19.1. The van der Waals surface area contributed by atoms with Crippen LogP contribution in [0.15, 0.2) is 18.2 Å². The van der Waals surface area contributed by atoms with E-state index in [0.717, 1.165) is 26.0 Å². The zero-order chi connectivity index (χ0) is 11.8. The number of ether oxygens (including phenoxy) is 1. The second-order valence-electron chi connectivity index (χ2n) is 3.90. The van der Waals surface area contributed by atoms with E-state index < -0.39 is 5.95 Å². The van der Waals surface area contributed by atoms with Gasteiger partial charge in [0.1, 0.15) is 5.82 Å². The largest absolute Gasteiger partial charge is 0.379 e. The van der Waals surface area contributed by atoms with Gasteiger partial charge in [-0.25, -0.2) is 4.98 Å². The van der Waals surface area contributed by atoms with Crippen molar-refractivity contribution in [2.45, 2.75) is 32.8 Å². The van der Waals surface area contributed by atoms with Crippen molar-refractivity contribution in [3.63, 3.8) is 0 Å². The smallest absolute Gasteiger partial charge is 0.214 e. The van der Waals surface area contributed by atoms with Gasteiger partial charge in [-0.3, -0.25) is 0 Å². The van der Waals surface area contributed by atoms with Crippen molar-refractivity contribution < 1.29 is 9.13 Å². The van der Waals surface area contributed by atoms with Crippen molar-refractivity contribution in [2.24, 2.45) is 0 Å². The highest BCUT2D eigenvalue weighted by Crippen LogP contribution is 2.03. The van der Waals surface area contributed by atoms with E-state index in [2.05, 4.69) is 10.3 Å². The molecule has 1 N–H and O–H groups in total. The third-order valence-electron chi connectivity index (χ3n) is 2.04. The minimum Gasteiger partial charge on any atom is -0.379 e. The number of nitrogens with one attached hydrogen (secondary N) is 1. The van der Waals surface area contributed by atoms with Crippen LogP contribution in [0.25, 0.3) is 0 Å². The van der Waals surface area contributed by atoms with Crippen LogP contribution in [0.2, 0.25) is 0 Å². The number of halogens is 1. The first-order valence-corrected chi connectivity index (χ1v) is 5.66. The Labute approximate surface area is 96.0 Å². The average Bonchev–Trinajstić information content (AvgIpc) is 2.23. The number of unbranched alkanes of at least 4 members (excludes halogenated alkanes) is 1. The zero-order valence-electron chi connectivity index (χ0n) is 9.87. The number of hydrogen-bond acceptors (Lipinski definition) is 3. The van der Waals surface area contributed by atoms with Gasteiger partial charge in [-0.15, -0.1) is 0 Å². The first-order chi connectivity index (χ1) is 7.68. The molecule has 1 rings (SSSR count). The standard InChI is InChI=1S/C12H19FN2O/c1-10(2)16-9-4-3-8-14-12-7-5-6-11(13)15-12/h5-7,10H,3-4,8-9H2,1-2H3,(H,14,15). The van der Waals surface area contributed by atoms with E-state index in [1.807, 2.05) is 13.8 Å². The van der Waals surface area contributed by atoms with Gasteiger partial charge in [0.05, 0.1) is 6.10 Å². The Morgan fingerprint density at radius 3 is 2.88 bits per heavy atom. The van der Waals surface area contributed by atoms with Crippen LogP contribution in [-0.2, 0) is 4.74 Å². The fourth-order valence-corrected chi connectivity index (χ4v) is 1.27. The number of pyridine rings is 1. The Balaban J connectivity index is 2.07. The lowest BCUT2D eigenvalue weighted by Crippen LogP contribution is -2.07. The lowest BCUT2D eigenvalue weighted by Gasteiger charge is -2.08. The monoisotopic (exact) mass is 226 g/mol. The van der Waals surface area contributed by atoms with E-state index in [4.69, 9.17) is 4.74 Å². The predicted octanol–water partition coefficient (Wildman–Crippen LogP) is 2.84. The normalized spacial score (nSPS) is 10.8. The van der Waals surface area contributed by atoms with Gasteiger partial charge in [0.15, 0.2) is 0 Å². The van der Waals surface area contributed by atoms with Crippen LogP contribution in [0.1, 0.15) is 26.7 Å². The van der Waals surface area contributed by atoms with Crippen molar-refractivity contribution in [3.8, 4) is 0 Å². The van der Waals surface area contributed by atoms with E-state index in [-0.39, 0.29) is 6.10 Å². The van der Waals surface area contributed by atoms with E-state index in [1.54, 1.807) is 12.1 Å². The second kappa shape index (κ2) is 7.17. The minimum absolute atomic E-state index is 0.290. The van der Waals surface area contributed by atoms with E-state index in [1.165, 1.54) is 6.07 Å². The van der Waals surface area contributed by atoms with Crippen LogP contribution in [0.3, 0.4) is 0 Å². The molecule has 90 valence electrons. The molecule has 1 heterocycles. The molecule has 0 fully saturated rings. The van der Waals surface area contributed by atoms with Gasteiger partial charge >= 0.3 is 0 Å². The molecule has 4 heteroatoms. The number of aromatic nitrogens is 1. The minimum atomic E-state index is -0.451. The number of nitrogens with zero attached hydrogens (tertiary/aromatic N) is 1. The molecule has 0 saturated heterocycles. The molecule has 16 heavy (non-hydrogen) atoms. The van der Waals surface area contributed by atoms with E-state index in [9.17, 15) is 4.39 Å². The summed E-state index contributed by atoms with van der Waals surface area (Å²) in [6.07, 6.45) is 2.28. The molecule has 0 aliphatic heterocycles. The van der Waals surface area contributed by atoms with E-state index in [0.29, 0.717) is 5.82 Å². The fourth-order valence-electron chi connectivity index (χ4n) is 1.27. The summed E-state index contributed by atoms with van der Waals surface area (Å²) in [5, 5.41) is 3.07. The molecule has 0 saturated carbocycles. The predicted molar refractivity (Wildman–Crippen MR) is 63.0 cm³/mol. The molecule has 1 aromatic heterocycles. The molecular formula is C12H19FN2O. The highest BCUT2D eigenvalue weighted by Gasteiger charge is 1.96. The molecule has 1 aromatic rings. The summed E-state index contributed by atoms with van der Waals surface area (Å²) in [5.74, 6) is 0.137. The van der Waals surface area contributed by atoms with Crippen LogP contribution < -0.4 is 5.32 Å². The van der Waals surface area contributed by atoms with Crippen molar-refractivity contribution in [1.82, 2.24) is 4.98 Å². The Hall–Kier alpha value is -1.16. The summed E-state index contributed by atoms with van der Waals surface area (Å²) in [4.78, 5) is 3.71. The third-order valence-corrected chi connectivity index (χ3v) is 2.04. The fraction of sp³-hybridized carbons (Fsp3) is 0.583. The maximum Gasteiger partial charge on any atom is 0.214 e. The summed E-state index contributed by atoms with van der Waals surface area (Å²) in [6.45, 7) is 5.61. The topological polar surface area (TPSA) is 34.1 Å². The van der Waals surface area contributed by atoms with Gasteiger partial charge in [-0.1, -0.05) is 6.07 Å². The summed E-state index contributed by atoms with van der Waals surface area (Å²) >= 11 is 0. The molecule has 0 aromatic carbocycles. The van der Waals surface area contributed by atoms with Crippen molar-refractivity contribution in [3.05, 3.63) is 24.1 Å². The molecule has 0 atom stereocenters. The van der Waals surface area contributed by atoms with Crippen LogP contribution in [0.4, 0.5) is 10.2 Å². The quantitative estimate of drug-likeness (QED) is 0.573. The van der Waals surface area contributed by atoms with Gasteiger partial charge in [0.25, 0.3) is 0 Å². The number of hydrogen-bond donors (Lipinski definition) is 1. The Bertz CT molecular complexity index is 305. The Morgan fingerprint density at radius 1 is 1.38 bits per heavy atom. The molecule has 0 aliphatic carbocycles. The van der Waals surface area contributed by atoms with E-state index >= 15 is 0 Å². The first-order valence-electron chi connectivity index (χ1n) is 5.66. The summed E-state index contributed by atoms with van der Waals surface area (Å²) in [5.41, 5.74) is 0. The summed E-state index contributed by atoms with van der Waals surface area (Å²) in [7, 11) is 0. The van der Waals surface area contributed by atoms with Crippen LogP contribution in [0.5, 0.6) is 0 Å². The summed E-state index contributed by atoms with van der Waals surface area (Å²) in [6, 6.07) is 4.74. The molecule has 0 aliphatic rings. The Kier molecular flexibility index (Phi) is 5.78. The molecule has 0 amide bonds. The van der Waals surface area contributed by atoms with Crippen molar-refractivity contribution in [2.75, 3.05) is 18.5 Å². The van der Waals surface area contributed by atoms with Gasteiger partial charge in [0.2, 0.25) is 5.95 Å². The molecule has 3 nitrogen and oxygen atoms in total. The lowest BCUT2D eigenvalue weighted by atomic mass is 10.3. The van der Waals surface area contributed by atoms with Crippen molar-refractivity contribution in [1.29, 1.82) is 0 Å². The SMILES string of the molecule is CC(C)OCCCCNc1cccc(F)n1. The lowest BCUT2D eigenvalue weighted by molar-refractivity contribution is 0.0765. The number of rotatable bonds is 7. The van der Waals surface area contributed by atoms with Crippen molar-refractivity contribution >= 4 is 5.82 Å². The molecule has 0 bridgehead atoms. The first kappa shape index (κ1) is 12.9. The molecule has 0 unspecified atom stereocenters. The second-order valence-corrected chi connectivity index (χ2v) is 3.90. The highest BCUT2D eigenvalue weighted by molar-refractivity contribution is 5.33. The van der Waals surface area contributed by atoms with Gasteiger partial charge < -0.3 is 10.1 Å². The van der Waals surface area contributed by atoms with Crippen LogP contribution >= 0.6 is 0 Å². The maximum atomic E-state index is 12.7. The van der Waals surface area contributed by atoms with Gasteiger partial charge in [-0.2, -0.15) is 4.39 Å². The van der Waals surface area contributed by atoms with Gasteiger partial charge in [-0.05, 0) is 38.8 Å². The van der Waals surface area contributed by atoms with Crippen LogP contribution in [-0.4, -0.2) is 24.2 Å².